The molecule has 0 saturated carbocycles. The van der Waals surface area contributed by atoms with E-state index in [9.17, 15) is 4.39 Å². The Hall–Kier alpha value is -0.350. The van der Waals surface area contributed by atoms with Crippen molar-refractivity contribution in [2.75, 3.05) is 6.54 Å². The van der Waals surface area contributed by atoms with Gasteiger partial charge < -0.3 is 9.73 Å². The molecule has 78 valence electrons. The molecule has 1 aliphatic rings. The molecule has 4 heteroatoms. The minimum absolute atomic E-state index is 0.334. The Morgan fingerprint density at radius 2 is 2.50 bits per heavy atom. The molecule has 1 aromatic rings. The lowest BCUT2D eigenvalue weighted by Gasteiger charge is -2.32. The molecule has 2 unspecified atom stereocenters. The Labute approximate surface area is 91.0 Å². The largest absolute Gasteiger partial charge is 0.465 e. The molecule has 2 heterocycles. The number of rotatable bonds is 1. The van der Waals surface area contributed by atoms with Gasteiger partial charge in [0.15, 0.2) is 11.4 Å². The fraction of sp³-hybridized carbons (Fsp3) is 0.600. The molecule has 0 aromatic carbocycles. The zero-order valence-electron chi connectivity index (χ0n) is 8.02. The Kier molecular flexibility index (Phi) is 2.66. The fourth-order valence-corrected chi connectivity index (χ4v) is 2.34. The maximum atomic E-state index is 14.4. The zero-order chi connectivity index (χ0) is 10.2. The third-order valence-corrected chi connectivity index (χ3v) is 3.35. The molecular formula is C10H13BrFNO. The van der Waals surface area contributed by atoms with Crippen LogP contribution in [0.4, 0.5) is 4.39 Å². The summed E-state index contributed by atoms with van der Waals surface area (Å²) in [7, 11) is 0. The van der Waals surface area contributed by atoms with Gasteiger partial charge in [-0.05, 0) is 41.8 Å². The minimum atomic E-state index is -1.35. The van der Waals surface area contributed by atoms with Crippen LogP contribution in [0.25, 0.3) is 0 Å². The normalized spacial score (nSPS) is 33.2. The number of piperidine rings is 1. The van der Waals surface area contributed by atoms with Crippen molar-refractivity contribution >= 4 is 15.9 Å². The lowest BCUT2D eigenvalue weighted by molar-refractivity contribution is 0.0793. The van der Waals surface area contributed by atoms with Gasteiger partial charge in [0.1, 0.15) is 0 Å². The van der Waals surface area contributed by atoms with E-state index in [4.69, 9.17) is 4.42 Å². The molecule has 14 heavy (non-hydrogen) atoms. The Morgan fingerprint density at radius 3 is 3.00 bits per heavy atom. The van der Waals surface area contributed by atoms with E-state index in [-0.39, 0.29) is 0 Å². The maximum Gasteiger partial charge on any atom is 0.181 e. The number of hydrogen-bond donors (Lipinski definition) is 1. The van der Waals surface area contributed by atoms with Crippen molar-refractivity contribution in [1.82, 2.24) is 5.32 Å². The van der Waals surface area contributed by atoms with Crippen LogP contribution in [0.2, 0.25) is 0 Å². The Balaban J connectivity index is 2.21. The third kappa shape index (κ3) is 1.73. The lowest BCUT2D eigenvalue weighted by atomic mass is 9.90. The number of nitrogens with one attached hydrogen (secondary N) is 1. The molecule has 0 radical (unpaired) electrons. The van der Waals surface area contributed by atoms with Crippen molar-refractivity contribution in [3.05, 3.63) is 22.6 Å². The SMILES string of the molecule is CC1CCC(F)(c2occc2Br)CN1. The van der Waals surface area contributed by atoms with Crippen molar-refractivity contribution < 1.29 is 8.81 Å². The van der Waals surface area contributed by atoms with Crippen molar-refractivity contribution in [2.24, 2.45) is 0 Å². The first-order chi connectivity index (χ1) is 6.62. The van der Waals surface area contributed by atoms with Crippen LogP contribution < -0.4 is 5.32 Å². The summed E-state index contributed by atoms with van der Waals surface area (Å²) < 4.78 is 20.3. The van der Waals surface area contributed by atoms with Gasteiger partial charge in [0.2, 0.25) is 0 Å². The highest BCUT2D eigenvalue weighted by Gasteiger charge is 2.39. The van der Waals surface area contributed by atoms with Gasteiger partial charge in [-0.15, -0.1) is 0 Å². The second-order valence-corrected chi connectivity index (χ2v) is 4.74. The maximum absolute atomic E-state index is 14.4. The van der Waals surface area contributed by atoms with E-state index < -0.39 is 5.67 Å². The Morgan fingerprint density at radius 1 is 1.71 bits per heavy atom. The molecular weight excluding hydrogens is 249 g/mol. The number of halogens is 2. The lowest BCUT2D eigenvalue weighted by Crippen LogP contribution is -2.44. The molecule has 0 aliphatic carbocycles. The molecule has 1 aromatic heterocycles. The Bertz CT molecular complexity index is 318. The van der Waals surface area contributed by atoms with Crippen molar-refractivity contribution in [2.45, 2.75) is 31.5 Å². The number of alkyl halides is 1. The first-order valence-electron chi connectivity index (χ1n) is 4.77. The standard InChI is InChI=1S/C10H13BrFNO/c1-7-2-4-10(12,6-13-7)9-8(11)3-5-14-9/h3,5,7,13H,2,4,6H2,1H3. The summed E-state index contributed by atoms with van der Waals surface area (Å²) in [6.45, 7) is 2.40. The van der Waals surface area contributed by atoms with Gasteiger partial charge in [0.25, 0.3) is 0 Å². The second-order valence-electron chi connectivity index (χ2n) is 3.88. The van der Waals surface area contributed by atoms with Crippen molar-refractivity contribution in [3.63, 3.8) is 0 Å². The van der Waals surface area contributed by atoms with Gasteiger partial charge in [-0.3, -0.25) is 0 Å². The molecule has 0 amide bonds. The van der Waals surface area contributed by atoms with E-state index in [0.717, 1.165) is 10.9 Å². The van der Waals surface area contributed by atoms with Gasteiger partial charge in [0.05, 0.1) is 10.7 Å². The van der Waals surface area contributed by atoms with Crippen LogP contribution >= 0.6 is 15.9 Å². The molecule has 0 spiro atoms. The molecule has 2 nitrogen and oxygen atoms in total. The monoisotopic (exact) mass is 261 g/mol. The van der Waals surface area contributed by atoms with E-state index in [2.05, 4.69) is 28.2 Å². The zero-order valence-corrected chi connectivity index (χ0v) is 9.60. The number of hydrogen-bond acceptors (Lipinski definition) is 2. The molecule has 2 rings (SSSR count). The van der Waals surface area contributed by atoms with Crippen LogP contribution in [0, 0.1) is 0 Å². The first kappa shape index (κ1) is 10.2. The predicted octanol–water partition coefficient (Wildman–Crippen LogP) is 2.98. The van der Waals surface area contributed by atoms with Gasteiger partial charge in [-0.25, -0.2) is 4.39 Å². The smallest absolute Gasteiger partial charge is 0.181 e. The fourth-order valence-electron chi connectivity index (χ4n) is 1.78. The summed E-state index contributed by atoms with van der Waals surface area (Å²) in [5.41, 5.74) is -1.35. The molecule has 1 N–H and O–H groups in total. The predicted molar refractivity (Wildman–Crippen MR) is 55.9 cm³/mol. The summed E-state index contributed by atoms with van der Waals surface area (Å²) >= 11 is 3.29. The second kappa shape index (κ2) is 3.66. The highest BCUT2D eigenvalue weighted by molar-refractivity contribution is 9.10. The molecule has 0 bridgehead atoms. The third-order valence-electron chi connectivity index (χ3n) is 2.73. The first-order valence-corrected chi connectivity index (χ1v) is 5.57. The van der Waals surface area contributed by atoms with E-state index in [1.165, 1.54) is 6.26 Å². The molecule has 2 atom stereocenters. The summed E-state index contributed by atoms with van der Waals surface area (Å²) in [6, 6.07) is 2.13. The van der Waals surface area contributed by atoms with E-state index >= 15 is 0 Å². The van der Waals surface area contributed by atoms with Crippen molar-refractivity contribution in [3.8, 4) is 0 Å². The van der Waals surface area contributed by atoms with Crippen LogP contribution in [0.5, 0.6) is 0 Å². The van der Waals surface area contributed by atoms with Crippen LogP contribution in [0.3, 0.4) is 0 Å². The van der Waals surface area contributed by atoms with Gasteiger partial charge in [-0.2, -0.15) is 0 Å². The quantitative estimate of drug-likeness (QED) is 0.841. The minimum Gasteiger partial charge on any atom is -0.465 e. The molecule has 1 aliphatic heterocycles. The molecule has 1 saturated heterocycles. The van der Waals surface area contributed by atoms with Crippen LogP contribution in [-0.2, 0) is 5.67 Å². The average Bonchev–Trinajstić information content (AvgIpc) is 2.58. The van der Waals surface area contributed by atoms with E-state index in [0.29, 0.717) is 24.8 Å². The summed E-state index contributed by atoms with van der Waals surface area (Å²) in [5.74, 6) is 0.414. The number of furan rings is 1. The van der Waals surface area contributed by atoms with Crippen LogP contribution in [0.1, 0.15) is 25.5 Å². The van der Waals surface area contributed by atoms with Crippen LogP contribution in [0.15, 0.2) is 21.2 Å². The van der Waals surface area contributed by atoms with E-state index in [1.807, 2.05) is 0 Å². The van der Waals surface area contributed by atoms with Gasteiger partial charge in [-0.1, -0.05) is 0 Å². The van der Waals surface area contributed by atoms with Gasteiger partial charge >= 0.3 is 0 Å². The highest BCUT2D eigenvalue weighted by atomic mass is 79.9. The highest BCUT2D eigenvalue weighted by Crippen LogP contribution is 2.38. The summed E-state index contributed by atoms with van der Waals surface area (Å²) in [4.78, 5) is 0. The average molecular weight is 262 g/mol. The summed E-state index contributed by atoms with van der Waals surface area (Å²) in [6.07, 6.45) is 2.87. The summed E-state index contributed by atoms with van der Waals surface area (Å²) in [5, 5.41) is 3.13. The molecule has 1 fully saturated rings. The van der Waals surface area contributed by atoms with Crippen molar-refractivity contribution in [1.29, 1.82) is 0 Å². The van der Waals surface area contributed by atoms with Crippen LogP contribution in [-0.4, -0.2) is 12.6 Å². The van der Waals surface area contributed by atoms with E-state index in [1.54, 1.807) is 6.07 Å². The topological polar surface area (TPSA) is 25.2 Å². The van der Waals surface area contributed by atoms with Gasteiger partial charge in [0, 0.05) is 12.6 Å².